The number of amides is 1. The number of non-ortho nitro benzene ring substituents is 1. The highest BCUT2D eigenvalue weighted by atomic mass is 35.5. The van der Waals surface area contributed by atoms with Gasteiger partial charge in [-0.1, -0.05) is 11.6 Å². The van der Waals surface area contributed by atoms with Crippen LogP contribution in [0, 0.1) is 10.1 Å². The predicted molar refractivity (Wildman–Crippen MR) is 99.4 cm³/mol. The molecule has 3 rings (SSSR count). The van der Waals surface area contributed by atoms with Gasteiger partial charge in [0.25, 0.3) is 11.6 Å². The Morgan fingerprint density at radius 1 is 1.22 bits per heavy atom. The number of benzene rings is 1. The zero-order chi connectivity index (χ0) is 19.4. The molecule has 1 aromatic carbocycles. The van der Waals surface area contributed by atoms with Gasteiger partial charge in [0.2, 0.25) is 5.88 Å². The summed E-state index contributed by atoms with van der Waals surface area (Å²) < 4.78 is 5.28. The molecular formula is C17H18ClN5O4. The van der Waals surface area contributed by atoms with Crippen molar-refractivity contribution in [3.63, 3.8) is 0 Å². The summed E-state index contributed by atoms with van der Waals surface area (Å²) in [5.74, 6) is 0.857. The lowest BCUT2D eigenvalue weighted by atomic mass is 10.1. The van der Waals surface area contributed by atoms with E-state index in [1.807, 2.05) is 17.9 Å². The van der Waals surface area contributed by atoms with Gasteiger partial charge in [0.1, 0.15) is 0 Å². The molecule has 1 amide bonds. The number of nitro groups is 1. The minimum atomic E-state index is -0.546. The fourth-order valence-electron chi connectivity index (χ4n) is 2.81. The molecule has 0 N–H and O–H groups in total. The average Bonchev–Trinajstić information content (AvgIpc) is 2.69. The summed E-state index contributed by atoms with van der Waals surface area (Å²) in [4.78, 5) is 26.7. The van der Waals surface area contributed by atoms with Crippen molar-refractivity contribution in [2.75, 3.05) is 37.7 Å². The molecule has 1 fully saturated rings. The van der Waals surface area contributed by atoms with Gasteiger partial charge in [0, 0.05) is 44.4 Å². The number of rotatable bonds is 5. The van der Waals surface area contributed by atoms with Crippen LogP contribution in [0.25, 0.3) is 0 Å². The highest BCUT2D eigenvalue weighted by Crippen LogP contribution is 2.24. The van der Waals surface area contributed by atoms with E-state index in [2.05, 4.69) is 10.2 Å². The average molecular weight is 392 g/mol. The Morgan fingerprint density at radius 2 is 1.96 bits per heavy atom. The van der Waals surface area contributed by atoms with Crippen molar-refractivity contribution in [1.82, 2.24) is 15.1 Å². The standard InChI is InChI=1S/C17H18ClN5O4/c1-2-27-16-6-5-15(19-20-16)21-7-9-22(10-8-21)17(24)13-11-12(23(25)26)3-4-14(13)18/h3-6,11H,2,7-10H2,1H3. The molecule has 2 heterocycles. The van der Waals surface area contributed by atoms with E-state index < -0.39 is 4.92 Å². The molecule has 0 atom stereocenters. The molecule has 0 spiro atoms. The van der Waals surface area contributed by atoms with E-state index in [0.29, 0.717) is 44.5 Å². The predicted octanol–water partition coefficient (Wildman–Crippen LogP) is 2.40. The monoisotopic (exact) mass is 391 g/mol. The number of aromatic nitrogens is 2. The fraction of sp³-hybridized carbons (Fsp3) is 0.353. The van der Waals surface area contributed by atoms with E-state index in [1.54, 1.807) is 11.0 Å². The number of anilines is 1. The Hall–Kier alpha value is -2.94. The summed E-state index contributed by atoms with van der Waals surface area (Å²) in [7, 11) is 0. The summed E-state index contributed by atoms with van der Waals surface area (Å²) in [6.45, 7) is 4.44. The Bertz CT molecular complexity index is 838. The number of carbonyl (C=O) groups excluding carboxylic acids is 1. The second-order valence-electron chi connectivity index (χ2n) is 5.86. The highest BCUT2D eigenvalue weighted by Gasteiger charge is 2.25. The molecule has 0 bridgehead atoms. The number of hydrogen-bond acceptors (Lipinski definition) is 7. The molecule has 142 valence electrons. The summed E-state index contributed by atoms with van der Waals surface area (Å²) in [5.41, 5.74) is -0.0220. The van der Waals surface area contributed by atoms with Gasteiger partial charge in [0.15, 0.2) is 5.82 Å². The topological polar surface area (TPSA) is 102 Å². The number of carbonyl (C=O) groups is 1. The lowest BCUT2D eigenvalue weighted by molar-refractivity contribution is -0.384. The number of hydrogen-bond donors (Lipinski definition) is 0. The van der Waals surface area contributed by atoms with Crippen LogP contribution in [0.4, 0.5) is 11.5 Å². The SMILES string of the molecule is CCOc1ccc(N2CCN(C(=O)c3cc([N+](=O)[O-])ccc3Cl)CC2)nn1. The second kappa shape index (κ2) is 8.17. The molecule has 1 aliphatic rings. The van der Waals surface area contributed by atoms with Crippen molar-refractivity contribution in [2.45, 2.75) is 6.92 Å². The van der Waals surface area contributed by atoms with Gasteiger partial charge in [-0.05, 0) is 19.1 Å². The Labute approximate surface area is 160 Å². The van der Waals surface area contributed by atoms with Crippen LogP contribution in [0.15, 0.2) is 30.3 Å². The minimum absolute atomic E-state index is 0.139. The van der Waals surface area contributed by atoms with Crippen molar-refractivity contribution in [1.29, 1.82) is 0 Å². The van der Waals surface area contributed by atoms with Crippen LogP contribution in [0.5, 0.6) is 5.88 Å². The van der Waals surface area contributed by atoms with Crippen LogP contribution in [-0.4, -0.2) is 58.7 Å². The van der Waals surface area contributed by atoms with Crippen LogP contribution in [0.2, 0.25) is 5.02 Å². The van der Waals surface area contributed by atoms with Gasteiger partial charge >= 0.3 is 0 Å². The first-order valence-electron chi connectivity index (χ1n) is 8.44. The minimum Gasteiger partial charge on any atom is -0.477 e. The summed E-state index contributed by atoms with van der Waals surface area (Å²) in [5, 5.41) is 19.3. The third-order valence-electron chi connectivity index (χ3n) is 4.20. The Kier molecular flexibility index (Phi) is 5.70. The third kappa shape index (κ3) is 4.25. The maximum atomic E-state index is 12.7. The second-order valence-corrected chi connectivity index (χ2v) is 6.27. The maximum absolute atomic E-state index is 12.7. The number of halogens is 1. The zero-order valence-electron chi connectivity index (χ0n) is 14.7. The van der Waals surface area contributed by atoms with Crippen LogP contribution < -0.4 is 9.64 Å². The van der Waals surface area contributed by atoms with Crippen LogP contribution in [0.1, 0.15) is 17.3 Å². The molecule has 0 aliphatic carbocycles. The molecule has 0 unspecified atom stereocenters. The van der Waals surface area contributed by atoms with Gasteiger partial charge in [-0.25, -0.2) is 0 Å². The van der Waals surface area contributed by atoms with E-state index in [-0.39, 0.29) is 22.2 Å². The van der Waals surface area contributed by atoms with Crippen molar-refractivity contribution >= 4 is 29.0 Å². The molecule has 2 aromatic rings. The lowest BCUT2D eigenvalue weighted by Gasteiger charge is -2.35. The van der Waals surface area contributed by atoms with Gasteiger partial charge in [0.05, 0.1) is 22.1 Å². The van der Waals surface area contributed by atoms with Crippen molar-refractivity contribution in [2.24, 2.45) is 0 Å². The first-order chi connectivity index (χ1) is 13.0. The number of piperazine rings is 1. The van der Waals surface area contributed by atoms with E-state index in [0.717, 1.165) is 0 Å². The largest absolute Gasteiger partial charge is 0.477 e. The van der Waals surface area contributed by atoms with Crippen molar-refractivity contribution in [3.05, 3.63) is 51.0 Å². The summed E-state index contributed by atoms with van der Waals surface area (Å²) >= 11 is 6.07. The van der Waals surface area contributed by atoms with E-state index in [1.165, 1.54) is 18.2 Å². The Morgan fingerprint density at radius 3 is 2.56 bits per heavy atom. The summed E-state index contributed by atoms with van der Waals surface area (Å²) in [6, 6.07) is 7.45. The van der Waals surface area contributed by atoms with Gasteiger partial charge in [-0.3, -0.25) is 14.9 Å². The third-order valence-corrected chi connectivity index (χ3v) is 4.53. The molecule has 0 radical (unpaired) electrons. The van der Waals surface area contributed by atoms with Gasteiger partial charge in [-0.15, -0.1) is 10.2 Å². The number of nitro benzene ring substituents is 1. The molecule has 1 saturated heterocycles. The quantitative estimate of drug-likeness (QED) is 0.569. The first-order valence-corrected chi connectivity index (χ1v) is 8.82. The molecule has 27 heavy (non-hydrogen) atoms. The number of nitrogens with zero attached hydrogens (tertiary/aromatic N) is 5. The van der Waals surface area contributed by atoms with E-state index >= 15 is 0 Å². The van der Waals surface area contributed by atoms with Crippen molar-refractivity contribution in [3.8, 4) is 5.88 Å². The van der Waals surface area contributed by atoms with Crippen molar-refractivity contribution < 1.29 is 14.5 Å². The fourth-order valence-corrected chi connectivity index (χ4v) is 3.00. The highest BCUT2D eigenvalue weighted by molar-refractivity contribution is 6.33. The van der Waals surface area contributed by atoms with Crippen LogP contribution in [0.3, 0.4) is 0 Å². The maximum Gasteiger partial charge on any atom is 0.270 e. The molecular weight excluding hydrogens is 374 g/mol. The Balaban J connectivity index is 1.66. The van der Waals surface area contributed by atoms with E-state index in [9.17, 15) is 14.9 Å². The molecule has 9 nitrogen and oxygen atoms in total. The molecule has 1 aliphatic heterocycles. The normalized spacial score (nSPS) is 14.1. The van der Waals surface area contributed by atoms with E-state index in [4.69, 9.17) is 16.3 Å². The lowest BCUT2D eigenvalue weighted by Crippen LogP contribution is -2.49. The molecule has 0 saturated carbocycles. The smallest absolute Gasteiger partial charge is 0.270 e. The van der Waals surface area contributed by atoms with Gasteiger partial charge < -0.3 is 14.5 Å². The van der Waals surface area contributed by atoms with Gasteiger partial charge in [-0.2, -0.15) is 0 Å². The summed E-state index contributed by atoms with van der Waals surface area (Å²) in [6.07, 6.45) is 0. The van der Waals surface area contributed by atoms with Crippen LogP contribution >= 0.6 is 11.6 Å². The number of ether oxygens (including phenoxy) is 1. The zero-order valence-corrected chi connectivity index (χ0v) is 15.4. The molecule has 10 heteroatoms. The van der Waals surface area contributed by atoms with Crippen LogP contribution in [-0.2, 0) is 0 Å². The molecule has 1 aromatic heterocycles. The first kappa shape index (κ1) is 18.8.